The van der Waals surface area contributed by atoms with E-state index in [-0.39, 0.29) is 11.4 Å². The molecule has 1 heterocycles. The van der Waals surface area contributed by atoms with Gasteiger partial charge in [0, 0.05) is 5.41 Å². The maximum atomic E-state index is 10.8. The minimum Gasteiger partial charge on any atom is -0.465 e. The summed E-state index contributed by atoms with van der Waals surface area (Å²) >= 11 is 0. The number of hydrogen-bond acceptors (Lipinski definition) is 2. The summed E-state index contributed by atoms with van der Waals surface area (Å²) in [6, 6.07) is 0. The summed E-state index contributed by atoms with van der Waals surface area (Å²) < 4.78 is 4.91. The van der Waals surface area contributed by atoms with E-state index in [0.29, 0.717) is 13.0 Å². The van der Waals surface area contributed by atoms with Crippen LogP contribution in [0.2, 0.25) is 0 Å². The van der Waals surface area contributed by atoms with Crippen molar-refractivity contribution in [2.75, 3.05) is 6.61 Å². The van der Waals surface area contributed by atoms with E-state index in [9.17, 15) is 4.79 Å². The molecule has 0 aromatic rings. The largest absolute Gasteiger partial charge is 0.465 e. The Bertz CT molecular complexity index is 136. The van der Waals surface area contributed by atoms with Gasteiger partial charge in [-0.15, -0.1) is 0 Å². The van der Waals surface area contributed by atoms with Gasteiger partial charge < -0.3 is 4.74 Å². The first kappa shape index (κ1) is 7.58. The second-order valence-corrected chi connectivity index (χ2v) is 3.04. The van der Waals surface area contributed by atoms with Crippen LogP contribution in [0.25, 0.3) is 0 Å². The van der Waals surface area contributed by atoms with Gasteiger partial charge in [-0.05, 0) is 12.8 Å². The fourth-order valence-corrected chi connectivity index (χ4v) is 1.35. The Balaban J connectivity index is 2.59. The predicted octanol–water partition coefficient (Wildman–Crippen LogP) is 1.74. The smallest absolute Gasteiger partial charge is 0.306 e. The standard InChI is InChI=1S/C8H14O2/c1-3-8(4-2)5-7(9)10-6-8/h3-6H2,1-2H3. The summed E-state index contributed by atoms with van der Waals surface area (Å²) in [6.45, 7) is 4.87. The first-order valence-electron chi connectivity index (χ1n) is 3.88. The number of rotatable bonds is 2. The zero-order valence-electron chi connectivity index (χ0n) is 6.64. The molecule has 1 rings (SSSR count). The lowest BCUT2D eigenvalue weighted by atomic mass is 9.82. The van der Waals surface area contributed by atoms with Crippen LogP contribution >= 0.6 is 0 Å². The van der Waals surface area contributed by atoms with Gasteiger partial charge >= 0.3 is 5.97 Å². The molecule has 0 unspecified atom stereocenters. The molecule has 0 radical (unpaired) electrons. The van der Waals surface area contributed by atoms with Gasteiger partial charge in [-0.1, -0.05) is 13.8 Å². The SMILES string of the molecule is CCC1(CC)COC(=O)C1. The molecule has 0 spiro atoms. The second kappa shape index (κ2) is 2.60. The van der Waals surface area contributed by atoms with Crippen LogP contribution in [-0.4, -0.2) is 12.6 Å². The van der Waals surface area contributed by atoms with E-state index in [1.54, 1.807) is 0 Å². The number of ether oxygens (including phenoxy) is 1. The molecule has 2 nitrogen and oxygen atoms in total. The van der Waals surface area contributed by atoms with Crippen LogP contribution in [0.3, 0.4) is 0 Å². The van der Waals surface area contributed by atoms with E-state index in [0.717, 1.165) is 12.8 Å². The van der Waals surface area contributed by atoms with E-state index in [2.05, 4.69) is 13.8 Å². The van der Waals surface area contributed by atoms with Crippen LogP contribution in [0, 0.1) is 5.41 Å². The van der Waals surface area contributed by atoms with Crippen LogP contribution in [0.5, 0.6) is 0 Å². The summed E-state index contributed by atoms with van der Waals surface area (Å²) in [6.07, 6.45) is 2.73. The van der Waals surface area contributed by atoms with Crippen molar-refractivity contribution in [3.8, 4) is 0 Å². The zero-order valence-corrected chi connectivity index (χ0v) is 6.64. The monoisotopic (exact) mass is 142 g/mol. The summed E-state index contributed by atoms with van der Waals surface area (Å²) in [5.41, 5.74) is 0.178. The topological polar surface area (TPSA) is 26.3 Å². The molecule has 0 amide bonds. The summed E-state index contributed by atoms with van der Waals surface area (Å²) in [4.78, 5) is 10.8. The minimum absolute atomic E-state index is 0.0244. The van der Waals surface area contributed by atoms with Crippen molar-refractivity contribution in [2.24, 2.45) is 5.41 Å². The minimum atomic E-state index is -0.0244. The molecule has 0 aromatic heterocycles. The van der Waals surface area contributed by atoms with Crippen molar-refractivity contribution >= 4 is 5.97 Å². The van der Waals surface area contributed by atoms with Crippen molar-refractivity contribution in [3.63, 3.8) is 0 Å². The molecule has 1 saturated heterocycles. The number of esters is 1. The molecular formula is C8H14O2. The van der Waals surface area contributed by atoms with Gasteiger partial charge in [0.2, 0.25) is 0 Å². The quantitative estimate of drug-likeness (QED) is 0.549. The van der Waals surface area contributed by atoms with E-state index < -0.39 is 0 Å². The fourth-order valence-electron chi connectivity index (χ4n) is 1.35. The Morgan fingerprint density at radius 1 is 1.50 bits per heavy atom. The summed E-state index contributed by atoms with van der Waals surface area (Å²) in [5, 5.41) is 0. The van der Waals surface area contributed by atoms with E-state index in [1.165, 1.54) is 0 Å². The molecule has 0 N–H and O–H groups in total. The molecule has 0 aromatic carbocycles. The number of hydrogen-bond donors (Lipinski definition) is 0. The highest BCUT2D eigenvalue weighted by atomic mass is 16.5. The predicted molar refractivity (Wildman–Crippen MR) is 38.6 cm³/mol. The van der Waals surface area contributed by atoms with Crippen molar-refractivity contribution in [3.05, 3.63) is 0 Å². The molecule has 0 aliphatic carbocycles. The Morgan fingerprint density at radius 2 is 2.10 bits per heavy atom. The molecule has 0 atom stereocenters. The highest BCUT2D eigenvalue weighted by Crippen LogP contribution is 2.35. The molecule has 0 bridgehead atoms. The highest BCUT2D eigenvalue weighted by molar-refractivity contribution is 5.72. The van der Waals surface area contributed by atoms with E-state index in [1.807, 2.05) is 0 Å². The first-order chi connectivity index (χ1) is 4.72. The van der Waals surface area contributed by atoms with Crippen LogP contribution in [-0.2, 0) is 9.53 Å². The number of cyclic esters (lactones) is 1. The summed E-state index contributed by atoms with van der Waals surface area (Å²) in [7, 11) is 0. The third kappa shape index (κ3) is 1.15. The average molecular weight is 142 g/mol. The Hall–Kier alpha value is -0.530. The van der Waals surface area contributed by atoms with Crippen molar-refractivity contribution in [2.45, 2.75) is 33.1 Å². The van der Waals surface area contributed by atoms with Gasteiger partial charge in [0.05, 0.1) is 13.0 Å². The maximum absolute atomic E-state index is 10.8. The van der Waals surface area contributed by atoms with E-state index in [4.69, 9.17) is 4.74 Å². The number of carbonyl (C=O) groups excluding carboxylic acids is 1. The number of carbonyl (C=O) groups is 1. The van der Waals surface area contributed by atoms with Gasteiger partial charge in [0.25, 0.3) is 0 Å². The van der Waals surface area contributed by atoms with Crippen molar-refractivity contribution < 1.29 is 9.53 Å². The van der Waals surface area contributed by atoms with Gasteiger partial charge in [-0.2, -0.15) is 0 Å². The molecule has 2 heteroatoms. The van der Waals surface area contributed by atoms with E-state index >= 15 is 0 Å². The van der Waals surface area contributed by atoms with Crippen molar-refractivity contribution in [1.29, 1.82) is 0 Å². The fraction of sp³-hybridized carbons (Fsp3) is 0.875. The molecule has 1 fully saturated rings. The maximum Gasteiger partial charge on any atom is 0.306 e. The lowest BCUT2D eigenvalue weighted by molar-refractivity contribution is -0.137. The molecule has 58 valence electrons. The van der Waals surface area contributed by atoms with Gasteiger partial charge in [-0.25, -0.2) is 0 Å². The molecular weight excluding hydrogens is 128 g/mol. The van der Waals surface area contributed by atoms with Crippen LogP contribution in [0.15, 0.2) is 0 Å². The van der Waals surface area contributed by atoms with Crippen LogP contribution in [0.1, 0.15) is 33.1 Å². The molecule has 1 aliphatic rings. The molecule has 1 aliphatic heterocycles. The zero-order chi connectivity index (χ0) is 7.61. The summed E-state index contributed by atoms with van der Waals surface area (Å²) in [5.74, 6) is -0.0244. The van der Waals surface area contributed by atoms with Crippen LogP contribution in [0.4, 0.5) is 0 Å². The van der Waals surface area contributed by atoms with Crippen molar-refractivity contribution in [1.82, 2.24) is 0 Å². The molecule has 10 heavy (non-hydrogen) atoms. The Morgan fingerprint density at radius 3 is 2.30 bits per heavy atom. The first-order valence-corrected chi connectivity index (χ1v) is 3.88. The lowest BCUT2D eigenvalue weighted by Crippen LogP contribution is -2.18. The van der Waals surface area contributed by atoms with Gasteiger partial charge in [0.15, 0.2) is 0 Å². The van der Waals surface area contributed by atoms with Gasteiger partial charge in [0.1, 0.15) is 0 Å². The highest BCUT2D eigenvalue weighted by Gasteiger charge is 2.36. The normalized spacial score (nSPS) is 22.8. The molecule has 0 saturated carbocycles. The third-order valence-electron chi connectivity index (χ3n) is 2.56. The van der Waals surface area contributed by atoms with Gasteiger partial charge in [-0.3, -0.25) is 4.79 Å². The Labute approximate surface area is 61.6 Å². The third-order valence-corrected chi connectivity index (χ3v) is 2.56. The second-order valence-electron chi connectivity index (χ2n) is 3.04. The Kier molecular flexibility index (Phi) is 1.97. The lowest BCUT2D eigenvalue weighted by Gasteiger charge is -2.20. The average Bonchev–Trinajstić information content (AvgIpc) is 2.33. The van der Waals surface area contributed by atoms with Crippen LogP contribution < -0.4 is 0 Å².